The second-order valence-electron chi connectivity index (χ2n) is 5.84. The van der Waals surface area contributed by atoms with Crippen LogP contribution >= 0.6 is 35.0 Å². The van der Waals surface area contributed by atoms with Crippen molar-refractivity contribution >= 4 is 58.2 Å². The number of amides is 1. The minimum Gasteiger partial charge on any atom is -0.487 e. The number of halogens is 2. The highest BCUT2D eigenvalue weighted by molar-refractivity contribution is 8.18. The van der Waals surface area contributed by atoms with Gasteiger partial charge in [0.2, 0.25) is 0 Å². The summed E-state index contributed by atoms with van der Waals surface area (Å²) in [5.41, 5.74) is 1.66. The summed E-state index contributed by atoms with van der Waals surface area (Å²) in [6.45, 7) is 0.357. The minimum atomic E-state index is -0.620. The third-order valence-corrected chi connectivity index (χ3v) is 5.17. The molecule has 2 aromatic carbocycles. The Balaban J connectivity index is 1.60. The first-order valence-electron chi connectivity index (χ1n) is 8.51. The van der Waals surface area contributed by atoms with Crippen LogP contribution in [0.25, 0.3) is 0 Å². The quantitative estimate of drug-likeness (QED) is 0.300. The van der Waals surface area contributed by atoms with Crippen molar-refractivity contribution in [1.29, 1.82) is 0 Å². The number of thioether (sulfide) groups is 1. The predicted octanol–water partition coefficient (Wildman–Crippen LogP) is 4.18. The zero-order valence-corrected chi connectivity index (χ0v) is 17.9. The van der Waals surface area contributed by atoms with Crippen molar-refractivity contribution in [2.75, 3.05) is 7.11 Å². The number of nitrogens with one attached hydrogen (secondary N) is 1. The van der Waals surface area contributed by atoms with Gasteiger partial charge in [-0.25, -0.2) is 4.79 Å². The molecule has 1 heterocycles. The van der Waals surface area contributed by atoms with Gasteiger partial charge < -0.3 is 9.47 Å². The molecule has 0 radical (unpaired) electrons. The lowest BCUT2D eigenvalue weighted by Gasteiger charge is -2.08. The Labute approximate surface area is 186 Å². The van der Waals surface area contributed by atoms with Crippen LogP contribution in [-0.4, -0.2) is 30.4 Å². The number of nitrogens with zero attached hydrogens (tertiary/aromatic N) is 2. The number of hydrogen-bond donors (Lipinski definition) is 1. The van der Waals surface area contributed by atoms with Gasteiger partial charge in [-0.15, -0.1) is 5.10 Å². The molecule has 1 saturated heterocycles. The van der Waals surface area contributed by atoms with Gasteiger partial charge in [0.1, 0.15) is 12.4 Å². The van der Waals surface area contributed by atoms with Gasteiger partial charge in [-0.3, -0.25) is 10.1 Å². The van der Waals surface area contributed by atoms with Crippen molar-refractivity contribution in [3.63, 3.8) is 0 Å². The standard InChI is InChI=1S/C20H15Cl2N3O4S/c1-28-18(26)9-17-19(27)24-20(30-17)25-23-10-13-4-7-16(15(22)8-13)29-11-12-2-5-14(21)6-3-12/h2-10H,11H2,1H3,(H,24,25,27)/b17-9+,23-10?. The van der Waals surface area contributed by atoms with E-state index in [1.54, 1.807) is 30.3 Å². The Morgan fingerprint density at radius 3 is 2.67 bits per heavy atom. The summed E-state index contributed by atoms with van der Waals surface area (Å²) >= 11 is 13.1. The fraction of sp³-hybridized carbons (Fsp3) is 0.100. The molecular weight excluding hydrogens is 449 g/mol. The summed E-state index contributed by atoms with van der Waals surface area (Å²) in [5.74, 6) is -0.527. The van der Waals surface area contributed by atoms with Crippen LogP contribution in [0.5, 0.6) is 5.75 Å². The molecule has 1 N–H and O–H groups in total. The second-order valence-corrected chi connectivity index (χ2v) is 7.72. The van der Waals surface area contributed by atoms with Gasteiger partial charge in [0, 0.05) is 11.1 Å². The molecule has 0 aromatic heterocycles. The number of amidine groups is 1. The smallest absolute Gasteiger partial charge is 0.331 e. The molecular formula is C20H15Cl2N3O4S. The Bertz CT molecular complexity index is 1050. The molecule has 0 saturated carbocycles. The molecule has 7 nitrogen and oxygen atoms in total. The fourth-order valence-electron chi connectivity index (χ4n) is 2.25. The van der Waals surface area contributed by atoms with E-state index in [-0.39, 0.29) is 10.1 Å². The molecule has 1 fully saturated rings. The first kappa shape index (κ1) is 21.9. The number of carbonyl (C=O) groups excluding carboxylic acids is 2. The highest BCUT2D eigenvalue weighted by Gasteiger charge is 2.24. The molecule has 1 amide bonds. The van der Waals surface area contributed by atoms with E-state index in [9.17, 15) is 9.59 Å². The van der Waals surface area contributed by atoms with Gasteiger partial charge in [0.05, 0.1) is 23.3 Å². The minimum absolute atomic E-state index is 0.182. The SMILES string of the molecule is COC(=O)/C=C1/S/C(=N\N=Cc2ccc(OCc3ccc(Cl)cc3)c(Cl)c2)NC1=O. The van der Waals surface area contributed by atoms with Crippen molar-refractivity contribution in [1.82, 2.24) is 5.32 Å². The van der Waals surface area contributed by atoms with Gasteiger partial charge in [0.25, 0.3) is 5.91 Å². The summed E-state index contributed by atoms with van der Waals surface area (Å²) in [6, 6.07) is 12.5. The van der Waals surface area contributed by atoms with Crippen molar-refractivity contribution in [2.24, 2.45) is 10.2 Å². The van der Waals surface area contributed by atoms with Gasteiger partial charge in [-0.2, -0.15) is 5.10 Å². The van der Waals surface area contributed by atoms with Crippen LogP contribution in [0, 0.1) is 0 Å². The van der Waals surface area contributed by atoms with E-state index in [1.165, 1.54) is 13.3 Å². The van der Waals surface area contributed by atoms with Crippen LogP contribution in [0.2, 0.25) is 10.0 Å². The Morgan fingerprint density at radius 1 is 1.20 bits per heavy atom. The first-order chi connectivity index (χ1) is 14.4. The average molecular weight is 464 g/mol. The summed E-state index contributed by atoms with van der Waals surface area (Å²) in [6.07, 6.45) is 2.57. The Hall–Kier alpha value is -2.81. The lowest BCUT2D eigenvalue weighted by Crippen LogP contribution is -2.19. The number of carbonyl (C=O) groups is 2. The Kier molecular flexibility index (Phi) is 7.51. The van der Waals surface area contributed by atoms with E-state index in [2.05, 4.69) is 20.3 Å². The lowest BCUT2D eigenvalue weighted by molar-refractivity contribution is -0.135. The normalized spacial score (nSPS) is 16.3. The predicted molar refractivity (Wildman–Crippen MR) is 118 cm³/mol. The van der Waals surface area contributed by atoms with Crippen molar-refractivity contribution in [2.45, 2.75) is 6.61 Å². The second kappa shape index (κ2) is 10.3. The highest BCUT2D eigenvalue weighted by atomic mass is 35.5. The summed E-state index contributed by atoms with van der Waals surface area (Å²) in [4.78, 5) is 23.2. The van der Waals surface area contributed by atoms with E-state index >= 15 is 0 Å². The molecule has 0 atom stereocenters. The highest BCUT2D eigenvalue weighted by Crippen LogP contribution is 2.26. The van der Waals surface area contributed by atoms with Crippen LogP contribution in [-0.2, 0) is 20.9 Å². The molecule has 0 bridgehead atoms. The van der Waals surface area contributed by atoms with E-state index in [1.807, 2.05) is 12.1 Å². The summed E-state index contributed by atoms with van der Waals surface area (Å²) in [7, 11) is 1.23. The largest absolute Gasteiger partial charge is 0.487 e. The third-order valence-electron chi connectivity index (χ3n) is 3.72. The number of rotatable bonds is 6. The van der Waals surface area contributed by atoms with Crippen LogP contribution < -0.4 is 10.1 Å². The zero-order chi connectivity index (χ0) is 21.5. The monoisotopic (exact) mass is 463 g/mol. The molecule has 30 heavy (non-hydrogen) atoms. The number of methoxy groups -OCH3 is 1. The Morgan fingerprint density at radius 2 is 1.97 bits per heavy atom. The van der Waals surface area contributed by atoms with E-state index < -0.39 is 11.9 Å². The average Bonchev–Trinajstić information content (AvgIpc) is 3.07. The van der Waals surface area contributed by atoms with Gasteiger partial charge in [-0.05, 0) is 53.2 Å². The van der Waals surface area contributed by atoms with Crippen molar-refractivity contribution in [3.8, 4) is 5.75 Å². The number of hydrogen-bond acceptors (Lipinski definition) is 7. The van der Waals surface area contributed by atoms with Crippen LogP contribution in [0.3, 0.4) is 0 Å². The van der Waals surface area contributed by atoms with Crippen molar-refractivity contribution in [3.05, 3.63) is 74.6 Å². The lowest BCUT2D eigenvalue weighted by atomic mass is 10.2. The van der Waals surface area contributed by atoms with Crippen LogP contribution in [0.15, 0.2) is 63.6 Å². The molecule has 0 spiro atoms. The maximum Gasteiger partial charge on any atom is 0.331 e. The molecule has 154 valence electrons. The first-order valence-corrected chi connectivity index (χ1v) is 10.1. The number of ether oxygens (including phenoxy) is 2. The van der Waals surface area contributed by atoms with E-state index in [4.69, 9.17) is 27.9 Å². The van der Waals surface area contributed by atoms with Gasteiger partial charge >= 0.3 is 5.97 Å². The summed E-state index contributed by atoms with van der Waals surface area (Å²) in [5, 5.41) is 11.7. The molecule has 0 aliphatic carbocycles. The topological polar surface area (TPSA) is 89.3 Å². The van der Waals surface area contributed by atoms with Crippen LogP contribution in [0.1, 0.15) is 11.1 Å². The van der Waals surface area contributed by atoms with E-state index in [0.29, 0.717) is 28.0 Å². The van der Waals surface area contributed by atoms with Gasteiger partial charge in [-0.1, -0.05) is 35.3 Å². The molecule has 0 unspecified atom stereocenters. The summed E-state index contributed by atoms with van der Waals surface area (Å²) < 4.78 is 10.2. The molecule has 2 aromatic rings. The number of esters is 1. The third kappa shape index (κ3) is 6.09. The number of benzene rings is 2. The van der Waals surface area contributed by atoms with Crippen LogP contribution in [0.4, 0.5) is 0 Å². The molecule has 1 aliphatic heterocycles. The molecule has 1 aliphatic rings. The van der Waals surface area contributed by atoms with E-state index in [0.717, 1.165) is 23.4 Å². The van der Waals surface area contributed by atoms with Crippen molar-refractivity contribution < 1.29 is 19.1 Å². The zero-order valence-electron chi connectivity index (χ0n) is 15.6. The molecule has 10 heteroatoms. The van der Waals surface area contributed by atoms with Gasteiger partial charge in [0.15, 0.2) is 5.17 Å². The maximum absolute atomic E-state index is 11.8. The fourth-order valence-corrected chi connectivity index (χ4v) is 3.35. The maximum atomic E-state index is 11.8. The molecule has 3 rings (SSSR count).